The summed E-state index contributed by atoms with van der Waals surface area (Å²) in [5.74, 6) is 0.0254. The van der Waals surface area contributed by atoms with Crippen LogP contribution < -0.4 is 0 Å². The molecule has 17 heavy (non-hydrogen) atoms. The summed E-state index contributed by atoms with van der Waals surface area (Å²) in [5, 5.41) is 20.9. The van der Waals surface area contributed by atoms with E-state index in [0.29, 0.717) is 19.3 Å². The molecule has 4 atom stereocenters. The third-order valence-corrected chi connectivity index (χ3v) is 4.65. The lowest BCUT2D eigenvalue weighted by atomic mass is 9.77. The van der Waals surface area contributed by atoms with E-state index in [1.807, 2.05) is 19.9 Å². The highest BCUT2D eigenvalue weighted by Crippen LogP contribution is 2.49. The van der Waals surface area contributed by atoms with Crippen molar-refractivity contribution >= 4 is 5.78 Å². The summed E-state index contributed by atoms with van der Waals surface area (Å²) in [6.45, 7) is 5.21. The number of aliphatic hydroxyl groups is 2. The highest BCUT2D eigenvalue weighted by Gasteiger charge is 2.50. The van der Waals surface area contributed by atoms with Gasteiger partial charge in [-0.2, -0.15) is 0 Å². The molecule has 0 saturated heterocycles. The standard InChI is InChI=1S/C14H22O3/c1-9(15)10-4-6-13(2,16)11-5-7-14(3,17)12(11)8-10/h8,11-12,16-17H,4-7H2,1-3H3. The highest BCUT2D eigenvalue weighted by atomic mass is 16.3. The second-order valence-corrected chi connectivity index (χ2v) is 6.13. The Morgan fingerprint density at radius 1 is 1.29 bits per heavy atom. The molecule has 0 bridgehead atoms. The minimum absolute atomic E-state index is 0.0594. The normalized spacial score (nSPS) is 46.1. The van der Waals surface area contributed by atoms with E-state index in [1.54, 1.807) is 6.92 Å². The van der Waals surface area contributed by atoms with Gasteiger partial charge in [-0.05, 0) is 57.9 Å². The van der Waals surface area contributed by atoms with Crippen LogP contribution in [0.1, 0.15) is 46.5 Å². The second-order valence-electron chi connectivity index (χ2n) is 6.13. The van der Waals surface area contributed by atoms with Gasteiger partial charge in [-0.1, -0.05) is 6.08 Å². The van der Waals surface area contributed by atoms with Crippen molar-refractivity contribution in [1.82, 2.24) is 0 Å². The van der Waals surface area contributed by atoms with Crippen LogP contribution in [0.25, 0.3) is 0 Å². The van der Waals surface area contributed by atoms with Crippen molar-refractivity contribution < 1.29 is 15.0 Å². The summed E-state index contributed by atoms with van der Waals surface area (Å²) in [6, 6.07) is 0. The number of carbonyl (C=O) groups excluding carboxylic acids is 1. The molecule has 2 aliphatic carbocycles. The van der Waals surface area contributed by atoms with E-state index >= 15 is 0 Å². The fraction of sp³-hybridized carbons (Fsp3) is 0.786. The minimum atomic E-state index is -0.792. The van der Waals surface area contributed by atoms with Gasteiger partial charge in [0.2, 0.25) is 0 Å². The summed E-state index contributed by atoms with van der Waals surface area (Å²) in [4.78, 5) is 11.5. The molecule has 3 heteroatoms. The van der Waals surface area contributed by atoms with Crippen LogP contribution in [-0.2, 0) is 4.79 Å². The third-order valence-electron chi connectivity index (χ3n) is 4.65. The van der Waals surface area contributed by atoms with Crippen molar-refractivity contribution in [3.05, 3.63) is 11.6 Å². The van der Waals surface area contributed by atoms with Crippen LogP contribution >= 0.6 is 0 Å². The average Bonchev–Trinajstić information content (AvgIpc) is 2.39. The van der Waals surface area contributed by atoms with Crippen molar-refractivity contribution in [3.63, 3.8) is 0 Å². The van der Waals surface area contributed by atoms with Gasteiger partial charge in [-0.25, -0.2) is 0 Å². The maximum atomic E-state index is 11.5. The molecule has 0 spiro atoms. The van der Waals surface area contributed by atoms with E-state index in [9.17, 15) is 15.0 Å². The molecular formula is C14H22O3. The molecule has 2 N–H and O–H groups in total. The average molecular weight is 238 g/mol. The van der Waals surface area contributed by atoms with Gasteiger partial charge in [0.15, 0.2) is 5.78 Å². The van der Waals surface area contributed by atoms with E-state index in [0.717, 1.165) is 12.0 Å². The van der Waals surface area contributed by atoms with Crippen molar-refractivity contribution in [2.24, 2.45) is 11.8 Å². The number of hydrogen-bond acceptors (Lipinski definition) is 3. The third kappa shape index (κ3) is 2.18. The van der Waals surface area contributed by atoms with Gasteiger partial charge >= 0.3 is 0 Å². The van der Waals surface area contributed by atoms with Gasteiger partial charge in [-0.15, -0.1) is 0 Å². The first kappa shape index (κ1) is 12.8. The molecule has 0 amide bonds. The minimum Gasteiger partial charge on any atom is -0.390 e. The van der Waals surface area contributed by atoms with E-state index in [-0.39, 0.29) is 17.6 Å². The number of rotatable bonds is 1. The number of hydrogen-bond donors (Lipinski definition) is 2. The van der Waals surface area contributed by atoms with Crippen LogP contribution in [0.2, 0.25) is 0 Å². The van der Waals surface area contributed by atoms with Crippen molar-refractivity contribution in [3.8, 4) is 0 Å². The molecule has 0 aromatic carbocycles. The molecule has 96 valence electrons. The predicted octanol–water partition coefficient (Wildman–Crippen LogP) is 1.82. The van der Waals surface area contributed by atoms with E-state index in [1.165, 1.54) is 0 Å². The van der Waals surface area contributed by atoms with Crippen LogP contribution in [-0.4, -0.2) is 27.2 Å². The molecule has 2 aliphatic rings. The lowest BCUT2D eigenvalue weighted by molar-refractivity contribution is -0.113. The van der Waals surface area contributed by atoms with Gasteiger partial charge in [-0.3, -0.25) is 4.79 Å². The van der Waals surface area contributed by atoms with Crippen LogP contribution in [0.3, 0.4) is 0 Å². The molecule has 2 rings (SSSR count). The van der Waals surface area contributed by atoms with Gasteiger partial charge in [0.1, 0.15) is 0 Å². The Labute approximate surface area is 103 Å². The number of ketones is 1. The zero-order chi connectivity index (χ0) is 12.8. The lowest BCUT2D eigenvalue weighted by Crippen LogP contribution is -2.40. The Bertz CT molecular complexity index is 366. The first-order valence-corrected chi connectivity index (χ1v) is 6.40. The predicted molar refractivity (Wildman–Crippen MR) is 65.5 cm³/mol. The molecular weight excluding hydrogens is 216 g/mol. The van der Waals surface area contributed by atoms with Crippen LogP contribution in [0.15, 0.2) is 11.6 Å². The topological polar surface area (TPSA) is 57.5 Å². The maximum Gasteiger partial charge on any atom is 0.155 e. The monoisotopic (exact) mass is 238 g/mol. The maximum absolute atomic E-state index is 11.5. The molecule has 4 unspecified atom stereocenters. The highest BCUT2D eigenvalue weighted by molar-refractivity contribution is 5.93. The summed E-state index contributed by atoms with van der Waals surface area (Å²) in [5.41, 5.74) is -0.807. The van der Waals surface area contributed by atoms with Gasteiger partial charge in [0, 0.05) is 5.92 Å². The lowest BCUT2D eigenvalue weighted by Gasteiger charge is -2.34. The van der Waals surface area contributed by atoms with Gasteiger partial charge in [0.05, 0.1) is 11.2 Å². The van der Waals surface area contributed by atoms with Crippen molar-refractivity contribution in [2.75, 3.05) is 0 Å². The van der Waals surface area contributed by atoms with Crippen LogP contribution in [0.4, 0.5) is 0 Å². The first-order chi connectivity index (χ1) is 7.74. The molecule has 0 heterocycles. The summed E-state index contributed by atoms with van der Waals surface area (Å²) < 4.78 is 0. The SMILES string of the molecule is CC(=O)C1=CC2C(CCC2(C)O)C(C)(O)CC1. The molecule has 0 radical (unpaired) electrons. The zero-order valence-corrected chi connectivity index (χ0v) is 10.9. The summed E-state index contributed by atoms with van der Waals surface area (Å²) >= 11 is 0. The summed E-state index contributed by atoms with van der Waals surface area (Å²) in [6.07, 6.45) is 4.66. The Kier molecular flexibility index (Phi) is 2.95. The van der Waals surface area contributed by atoms with Crippen molar-refractivity contribution in [2.45, 2.75) is 57.7 Å². The van der Waals surface area contributed by atoms with E-state index in [2.05, 4.69) is 0 Å². The molecule has 0 aliphatic heterocycles. The molecule has 0 aromatic rings. The quantitative estimate of drug-likeness (QED) is 0.732. The smallest absolute Gasteiger partial charge is 0.155 e. The Balaban J connectivity index is 2.40. The number of Topliss-reactive ketones (excluding diaryl/α,β-unsaturated/α-hetero) is 1. The van der Waals surface area contributed by atoms with Crippen LogP contribution in [0, 0.1) is 11.8 Å². The first-order valence-electron chi connectivity index (χ1n) is 6.40. The molecule has 1 saturated carbocycles. The Morgan fingerprint density at radius 3 is 2.53 bits per heavy atom. The second kappa shape index (κ2) is 3.92. The molecule has 1 fully saturated rings. The van der Waals surface area contributed by atoms with Crippen molar-refractivity contribution in [1.29, 1.82) is 0 Å². The molecule has 0 aromatic heterocycles. The Hall–Kier alpha value is -0.670. The number of fused-ring (bicyclic) bond motifs is 1. The van der Waals surface area contributed by atoms with E-state index < -0.39 is 11.2 Å². The van der Waals surface area contributed by atoms with E-state index in [4.69, 9.17) is 0 Å². The van der Waals surface area contributed by atoms with Crippen LogP contribution in [0.5, 0.6) is 0 Å². The number of allylic oxidation sites excluding steroid dienone is 1. The Morgan fingerprint density at radius 2 is 1.94 bits per heavy atom. The number of carbonyl (C=O) groups is 1. The largest absolute Gasteiger partial charge is 0.390 e. The fourth-order valence-electron chi connectivity index (χ4n) is 3.39. The van der Waals surface area contributed by atoms with Gasteiger partial charge < -0.3 is 10.2 Å². The summed E-state index contributed by atoms with van der Waals surface area (Å²) in [7, 11) is 0. The van der Waals surface area contributed by atoms with Gasteiger partial charge in [0.25, 0.3) is 0 Å². The zero-order valence-electron chi connectivity index (χ0n) is 10.9. The fourth-order valence-corrected chi connectivity index (χ4v) is 3.39. The molecule has 3 nitrogen and oxygen atoms in total.